The molecular weight excluding hydrogens is 367 g/mol. The summed E-state index contributed by atoms with van der Waals surface area (Å²) < 4.78 is 42.2. The Balaban J connectivity index is 1.74. The molecule has 1 fully saturated rings. The summed E-state index contributed by atoms with van der Waals surface area (Å²) in [6.07, 6.45) is 1.46. The first-order chi connectivity index (χ1) is 12.8. The number of nitrogens with one attached hydrogen (secondary N) is 1. The number of halogens is 1. The van der Waals surface area contributed by atoms with Crippen LogP contribution in [-0.4, -0.2) is 33.3 Å². The zero-order valence-corrected chi connectivity index (χ0v) is 16.2. The van der Waals surface area contributed by atoms with Gasteiger partial charge in [-0.3, -0.25) is 4.79 Å². The monoisotopic (exact) mass is 390 g/mol. The summed E-state index contributed by atoms with van der Waals surface area (Å²) in [4.78, 5) is 13.3. The van der Waals surface area contributed by atoms with Crippen LogP contribution in [0.4, 0.5) is 10.1 Å². The summed E-state index contributed by atoms with van der Waals surface area (Å²) in [5.41, 5.74) is 1.93. The molecule has 0 aromatic heterocycles. The normalized spacial score (nSPS) is 17.7. The highest BCUT2D eigenvalue weighted by Gasteiger charge is 2.26. The molecule has 144 valence electrons. The van der Waals surface area contributed by atoms with E-state index in [2.05, 4.69) is 4.72 Å². The summed E-state index contributed by atoms with van der Waals surface area (Å²) >= 11 is 0. The van der Waals surface area contributed by atoms with Crippen LogP contribution in [0.2, 0.25) is 0 Å². The van der Waals surface area contributed by atoms with Gasteiger partial charge in [-0.25, -0.2) is 17.5 Å². The van der Waals surface area contributed by atoms with E-state index in [1.165, 1.54) is 37.3 Å². The lowest BCUT2D eigenvalue weighted by atomic mass is 10.1. The SMILES string of the molecule is CC(=O)c1ccc(S(=O)(=O)NC2CCCN(c3cc(C)ccc3F)C2)cc1. The second kappa shape index (κ2) is 7.78. The van der Waals surface area contributed by atoms with Crippen molar-refractivity contribution < 1.29 is 17.6 Å². The number of rotatable bonds is 5. The summed E-state index contributed by atoms with van der Waals surface area (Å²) in [5.74, 6) is -0.418. The molecule has 1 atom stereocenters. The van der Waals surface area contributed by atoms with Crippen molar-refractivity contribution in [3.05, 3.63) is 59.4 Å². The van der Waals surface area contributed by atoms with Crippen LogP contribution in [0.1, 0.15) is 35.7 Å². The first-order valence-corrected chi connectivity index (χ1v) is 10.4. The Labute approximate surface area is 159 Å². The molecule has 7 heteroatoms. The van der Waals surface area contributed by atoms with E-state index < -0.39 is 10.0 Å². The average Bonchev–Trinajstić information content (AvgIpc) is 2.63. The van der Waals surface area contributed by atoms with E-state index in [4.69, 9.17) is 0 Å². The highest BCUT2D eigenvalue weighted by atomic mass is 32.2. The molecule has 0 bridgehead atoms. The van der Waals surface area contributed by atoms with Crippen molar-refractivity contribution in [3.63, 3.8) is 0 Å². The smallest absolute Gasteiger partial charge is 0.240 e. The van der Waals surface area contributed by atoms with Crippen molar-refractivity contribution in [2.45, 2.75) is 37.6 Å². The maximum atomic E-state index is 14.2. The number of hydrogen-bond acceptors (Lipinski definition) is 4. The third-order valence-corrected chi connectivity index (χ3v) is 6.29. The van der Waals surface area contributed by atoms with Crippen molar-refractivity contribution in [2.24, 2.45) is 0 Å². The van der Waals surface area contributed by atoms with E-state index in [-0.39, 0.29) is 22.5 Å². The van der Waals surface area contributed by atoms with Gasteiger partial charge in [0.15, 0.2) is 5.78 Å². The van der Waals surface area contributed by atoms with Crippen LogP contribution in [0.3, 0.4) is 0 Å². The topological polar surface area (TPSA) is 66.5 Å². The fourth-order valence-electron chi connectivity index (χ4n) is 3.31. The predicted molar refractivity (Wildman–Crippen MR) is 103 cm³/mol. The van der Waals surface area contributed by atoms with Gasteiger partial charge in [-0.05, 0) is 56.5 Å². The van der Waals surface area contributed by atoms with Crippen LogP contribution >= 0.6 is 0 Å². The Morgan fingerprint density at radius 2 is 1.89 bits per heavy atom. The number of piperidine rings is 1. The minimum Gasteiger partial charge on any atom is -0.368 e. The van der Waals surface area contributed by atoms with E-state index in [0.717, 1.165) is 12.0 Å². The van der Waals surface area contributed by atoms with Crippen LogP contribution in [0, 0.1) is 12.7 Å². The molecule has 0 saturated carbocycles. The molecule has 1 saturated heterocycles. The number of Topliss-reactive ketones (excluding diaryl/α,β-unsaturated/α-hetero) is 1. The second-order valence-electron chi connectivity index (χ2n) is 6.94. The lowest BCUT2D eigenvalue weighted by molar-refractivity contribution is 0.101. The number of sulfonamides is 1. The maximum Gasteiger partial charge on any atom is 0.240 e. The fraction of sp³-hybridized carbons (Fsp3) is 0.350. The minimum absolute atomic E-state index is 0.116. The molecule has 1 heterocycles. The Morgan fingerprint density at radius 1 is 1.19 bits per heavy atom. The van der Waals surface area contributed by atoms with Gasteiger partial charge in [0.1, 0.15) is 5.82 Å². The van der Waals surface area contributed by atoms with E-state index >= 15 is 0 Å². The molecular formula is C20H23FN2O3S. The molecule has 27 heavy (non-hydrogen) atoms. The molecule has 0 radical (unpaired) electrons. The van der Waals surface area contributed by atoms with Crippen molar-refractivity contribution in [1.29, 1.82) is 0 Å². The van der Waals surface area contributed by atoms with Gasteiger partial charge >= 0.3 is 0 Å². The highest BCUT2D eigenvalue weighted by molar-refractivity contribution is 7.89. The summed E-state index contributed by atoms with van der Waals surface area (Å²) in [5, 5.41) is 0. The second-order valence-corrected chi connectivity index (χ2v) is 8.66. The first-order valence-electron chi connectivity index (χ1n) is 8.91. The number of anilines is 1. The van der Waals surface area contributed by atoms with E-state index in [9.17, 15) is 17.6 Å². The van der Waals surface area contributed by atoms with Gasteiger partial charge in [0, 0.05) is 24.7 Å². The van der Waals surface area contributed by atoms with Gasteiger partial charge in [0.25, 0.3) is 0 Å². The summed E-state index contributed by atoms with van der Waals surface area (Å²) in [6.45, 7) is 4.43. The van der Waals surface area contributed by atoms with Crippen LogP contribution < -0.4 is 9.62 Å². The van der Waals surface area contributed by atoms with Gasteiger partial charge in [-0.1, -0.05) is 18.2 Å². The summed E-state index contributed by atoms with van der Waals surface area (Å²) in [7, 11) is -3.71. The molecule has 5 nitrogen and oxygen atoms in total. The number of ketones is 1. The molecule has 0 amide bonds. The summed E-state index contributed by atoms with van der Waals surface area (Å²) in [6, 6.07) is 10.5. The van der Waals surface area contributed by atoms with Gasteiger partial charge in [-0.15, -0.1) is 0 Å². The number of carbonyl (C=O) groups is 1. The average molecular weight is 390 g/mol. The van der Waals surface area contributed by atoms with Crippen molar-refractivity contribution >= 4 is 21.5 Å². The molecule has 0 spiro atoms. The fourth-order valence-corrected chi connectivity index (χ4v) is 4.58. The Morgan fingerprint density at radius 3 is 2.56 bits per heavy atom. The first kappa shape index (κ1) is 19.5. The van der Waals surface area contributed by atoms with E-state index in [1.54, 1.807) is 12.1 Å². The van der Waals surface area contributed by atoms with E-state index in [1.807, 2.05) is 11.8 Å². The molecule has 3 rings (SSSR count). The van der Waals surface area contributed by atoms with Crippen LogP contribution in [0.15, 0.2) is 47.4 Å². The molecule has 2 aromatic carbocycles. The van der Waals surface area contributed by atoms with Crippen LogP contribution in [-0.2, 0) is 10.0 Å². The zero-order chi connectivity index (χ0) is 19.6. The Kier molecular flexibility index (Phi) is 5.62. The zero-order valence-electron chi connectivity index (χ0n) is 15.4. The van der Waals surface area contributed by atoms with Crippen molar-refractivity contribution in [3.8, 4) is 0 Å². The van der Waals surface area contributed by atoms with Gasteiger partial charge in [-0.2, -0.15) is 0 Å². The third kappa shape index (κ3) is 4.54. The van der Waals surface area contributed by atoms with E-state index in [0.29, 0.717) is 30.8 Å². The number of carbonyl (C=O) groups excluding carboxylic acids is 1. The van der Waals surface area contributed by atoms with Gasteiger partial charge in [0.2, 0.25) is 10.0 Å². The number of benzene rings is 2. The Bertz CT molecular complexity index is 942. The number of hydrogen-bond donors (Lipinski definition) is 1. The molecule has 0 aliphatic carbocycles. The molecule has 1 N–H and O–H groups in total. The minimum atomic E-state index is -3.71. The maximum absolute atomic E-state index is 14.2. The largest absolute Gasteiger partial charge is 0.368 e. The van der Waals surface area contributed by atoms with Gasteiger partial charge in [0.05, 0.1) is 10.6 Å². The number of nitrogens with zero attached hydrogens (tertiary/aromatic N) is 1. The molecule has 2 aromatic rings. The molecule has 1 unspecified atom stereocenters. The van der Waals surface area contributed by atoms with Crippen LogP contribution in [0.25, 0.3) is 0 Å². The van der Waals surface area contributed by atoms with Crippen LogP contribution in [0.5, 0.6) is 0 Å². The third-order valence-electron chi connectivity index (χ3n) is 4.76. The number of aryl methyl sites for hydroxylation is 1. The lowest BCUT2D eigenvalue weighted by Crippen LogP contribution is -2.48. The molecule has 1 aliphatic rings. The van der Waals surface area contributed by atoms with Gasteiger partial charge < -0.3 is 4.90 Å². The van der Waals surface area contributed by atoms with Crippen molar-refractivity contribution in [1.82, 2.24) is 4.72 Å². The standard InChI is InChI=1S/C20H23FN2O3S/c1-14-5-10-19(21)20(12-14)23-11-3-4-17(13-23)22-27(25,26)18-8-6-16(7-9-18)15(2)24/h5-10,12,17,22H,3-4,11,13H2,1-2H3. The Hall–Kier alpha value is -2.25. The molecule has 1 aliphatic heterocycles. The van der Waals surface area contributed by atoms with Crippen molar-refractivity contribution in [2.75, 3.05) is 18.0 Å². The highest BCUT2D eigenvalue weighted by Crippen LogP contribution is 2.25. The quantitative estimate of drug-likeness (QED) is 0.796. The lowest BCUT2D eigenvalue weighted by Gasteiger charge is -2.35. The predicted octanol–water partition coefficient (Wildman–Crippen LogP) is 3.28.